The molecule has 212 valence electrons. The van der Waals surface area contributed by atoms with Crippen LogP contribution in [0.3, 0.4) is 0 Å². The maximum atomic E-state index is 12.3. The number of hydrogen-bond acceptors (Lipinski definition) is 8. The summed E-state index contributed by atoms with van der Waals surface area (Å²) in [5.41, 5.74) is 4.94. The second-order valence-corrected chi connectivity index (χ2v) is 10.2. The van der Waals surface area contributed by atoms with E-state index in [2.05, 4.69) is 10.2 Å². The van der Waals surface area contributed by atoms with Crippen LogP contribution < -0.4 is 10.8 Å². The molecule has 2 fully saturated rings. The number of hydroxylamine groups is 1. The first-order valence-corrected chi connectivity index (χ1v) is 13.7. The summed E-state index contributed by atoms with van der Waals surface area (Å²) in [6.45, 7) is 1.78. The first-order valence-electron chi connectivity index (χ1n) is 13.7. The lowest BCUT2D eigenvalue weighted by atomic mass is 9.99. The molecule has 4 rings (SSSR count). The zero-order valence-electron chi connectivity index (χ0n) is 22.1. The van der Waals surface area contributed by atoms with Gasteiger partial charge in [0.1, 0.15) is 0 Å². The second-order valence-electron chi connectivity index (χ2n) is 10.2. The van der Waals surface area contributed by atoms with Gasteiger partial charge in [0.05, 0.1) is 25.4 Å². The van der Waals surface area contributed by atoms with Gasteiger partial charge in [-0.1, -0.05) is 36.4 Å². The highest BCUT2D eigenvalue weighted by molar-refractivity contribution is 5.90. The number of carbonyl (C=O) groups excluding carboxylic acids is 2. The Balaban J connectivity index is 1.40. The number of carbonyl (C=O) groups is 2. The predicted molar refractivity (Wildman–Crippen MR) is 144 cm³/mol. The Morgan fingerprint density at radius 3 is 2.28 bits per heavy atom. The van der Waals surface area contributed by atoms with Crippen LogP contribution in [0.15, 0.2) is 48.5 Å². The molecule has 2 saturated heterocycles. The van der Waals surface area contributed by atoms with Crippen LogP contribution in [0, 0.1) is 0 Å². The monoisotopic (exact) mass is 541 g/mol. The fourth-order valence-corrected chi connectivity index (χ4v) is 5.21. The van der Waals surface area contributed by atoms with Gasteiger partial charge in [-0.3, -0.25) is 19.7 Å². The summed E-state index contributed by atoms with van der Waals surface area (Å²) in [6, 6.07) is 15.3. The SMILES string of the molecule is O=C(CCCCC(=O)Nc1ccc([C@@H]2O[C@H](CN3CCC[C@H]3CO)C[C@H](c3ccc(CO)cc3)O2)cc1)NO. The fraction of sp³-hybridized carbons (Fsp3) is 0.517. The van der Waals surface area contributed by atoms with Crippen molar-refractivity contribution in [2.24, 2.45) is 0 Å². The van der Waals surface area contributed by atoms with Crippen LogP contribution in [0.2, 0.25) is 0 Å². The van der Waals surface area contributed by atoms with Crippen molar-refractivity contribution in [2.45, 2.75) is 76.1 Å². The van der Waals surface area contributed by atoms with E-state index in [0.717, 1.165) is 36.1 Å². The van der Waals surface area contributed by atoms with Crippen molar-refractivity contribution in [2.75, 3.05) is 25.0 Å². The van der Waals surface area contributed by atoms with E-state index in [4.69, 9.17) is 14.7 Å². The van der Waals surface area contributed by atoms with Gasteiger partial charge in [0.25, 0.3) is 0 Å². The number of unbranched alkanes of at least 4 members (excludes halogenated alkanes) is 1. The van der Waals surface area contributed by atoms with Crippen LogP contribution >= 0.6 is 0 Å². The van der Waals surface area contributed by atoms with Gasteiger partial charge in [0.2, 0.25) is 11.8 Å². The van der Waals surface area contributed by atoms with E-state index < -0.39 is 12.2 Å². The molecule has 0 spiro atoms. The molecular weight excluding hydrogens is 502 g/mol. The number of benzene rings is 2. The fourth-order valence-electron chi connectivity index (χ4n) is 5.21. The summed E-state index contributed by atoms with van der Waals surface area (Å²) in [4.78, 5) is 25.6. The second kappa shape index (κ2) is 14.5. The van der Waals surface area contributed by atoms with E-state index in [9.17, 15) is 19.8 Å². The molecule has 0 unspecified atom stereocenters. The van der Waals surface area contributed by atoms with E-state index >= 15 is 0 Å². The van der Waals surface area contributed by atoms with Crippen molar-refractivity contribution in [3.8, 4) is 0 Å². The number of ether oxygens (including phenoxy) is 2. The summed E-state index contributed by atoms with van der Waals surface area (Å²) in [6.07, 6.45) is 3.35. The van der Waals surface area contributed by atoms with Crippen LogP contribution in [0.5, 0.6) is 0 Å². The first-order chi connectivity index (χ1) is 19.0. The topological polar surface area (TPSA) is 141 Å². The molecule has 10 heteroatoms. The zero-order chi connectivity index (χ0) is 27.6. The molecule has 2 aliphatic heterocycles. The van der Waals surface area contributed by atoms with E-state index in [1.807, 2.05) is 48.5 Å². The van der Waals surface area contributed by atoms with Crippen LogP contribution in [-0.2, 0) is 25.7 Å². The molecule has 39 heavy (non-hydrogen) atoms. The summed E-state index contributed by atoms with van der Waals surface area (Å²) in [5.74, 6) is -0.605. The Morgan fingerprint density at radius 2 is 1.62 bits per heavy atom. The van der Waals surface area contributed by atoms with E-state index in [1.54, 1.807) is 5.48 Å². The Hall–Kier alpha value is -2.86. The Labute approximate surface area is 228 Å². The molecule has 2 aromatic rings. The number of aliphatic hydroxyl groups excluding tert-OH is 2. The van der Waals surface area contributed by atoms with Gasteiger partial charge in [0.15, 0.2) is 6.29 Å². The van der Waals surface area contributed by atoms with Crippen LogP contribution in [0.4, 0.5) is 5.69 Å². The standard InChI is InChI=1S/C29H39N3O7/c33-18-20-7-9-21(10-8-20)26-16-25(17-32-15-3-4-24(32)19-34)38-29(39-26)22-11-13-23(14-12-22)30-27(35)5-1-2-6-28(36)31-37/h7-14,24-26,29,33-34,37H,1-6,15-19H2,(H,30,35)(H,31,36)/t24-,25-,26+,29+/m0/s1. The molecule has 2 aliphatic rings. The molecule has 4 atom stereocenters. The highest BCUT2D eigenvalue weighted by Crippen LogP contribution is 2.39. The van der Waals surface area contributed by atoms with Gasteiger partial charge in [0, 0.05) is 43.1 Å². The third-order valence-electron chi connectivity index (χ3n) is 7.41. The van der Waals surface area contributed by atoms with Crippen molar-refractivity contribution in [1.82, 2.24) is 10.4 Å². The summed E-state index contributed by atoms with van der Waals surface area (Å²) >= 11 is 0. The van der Waals surface area contributed by atoms with Crippen molar-refractivity contribution in [3.63, 3.8) is 0 Å². The molecule has 0 aromatic heterocycles. The molecule has 2 amide bonds. The van der Waals surface area contributed by atoms with Gasteiger partial charge >= 0.3 is 0 Å². The summed E-state index contributed by atoms with van der Waals surface area (Å²) < 4.78 is 12.8. The quantitative estimate of drug-likeness (QED) is 0.157. The predicted octanol–water partition coefficient (Wildman–Crippen LogP) is 3.19. The molecule has 0 radical (unpaired) electrons. The lowest BCUT2D eigenvalue weighted by Crippen LogP contribution is -2.42. The molecular formula is C29H39N3O7. The number of amides is 2. The van der Waals surface area contributed by atoms with Crippen molar-refractivity contribution in [3.05, 3.63) is 65.2 Å². The normalized spacial score (nSPS) is 23.5. The molecule has 0 saturated carbocycles. The molecule has 0 aliphatic carbocycles. The van der Waals surface area contributed by atoms with Gasteiger partial charge < -0.3 is 25.0 Å². The molecule has 2 heterocycles. The lowest BCUT2D eigenvalue weighted by molar-refractivity contribution is -0.253. The highest BCUT2D eigenvalue weighted by Gasteiger charge is 2.35. The van der Waals surface area contributed by atoms with Crippen molar-refractivity contribution >= 4 is 17.5 Å². The van der Waals surface area contributed by atoms with Crippen molar-refractivity contribution < 1.29 is 34.5 Å². The largest absolute Gasteiger partial charge is 0.395 e. The number of anilines is 1. The Kier molecular flexibility index (Phi) is 10.8. The number of rotatable bonds is 12. The van der Waals surface area contributed by atoms with Crippen LogP contribution in [-0.4, -0.2) is 64.0 Å². The van der Waals surface area contributed by atoms with Crippen LogP contribution in [0.25, 0.3) is 0 Å². The highest BCUT2D eigenvalue weighted by atomic mass is 16.7. The first kappa shape index (κ1) is 29.1. The molecule has 0 bridgehead atoms. The maximum Gasteiger partial charge on any atom is 0.243 e. The number of likely N-dealkylation sites (tertiary alicyclic amines) is 1. The Morgan fingerprint density at radius 1 is 0.923 bits per heavy atom. The van der Waals surface area contributed by atoms with Gasteiger partial charge in [-0.15, -0.1) is 0 Å². The zero-order valence-corrected chi connectivity index (χ0v) is 22.1. The molecule has 2 aromatic carbocycles. The minimum Gasteiger partial charge on any atom is -0.395 e. The maximum absolute atomic E-state index is 12.3. The molecule has 10 nitrogen and oxygen atoms in total. The van der Waals surface area contributed by atoms with E-state index in [-0.39, 0.29) is 50.2 Å². The van der Waals surface area contributed by atoms with Gasteiger partial charge in [-0.25, -0.2) is 5.48 Å². The van der Waals surface area contributed by atoms with E-state index in [0.29, 0.717) is 31.5 Å². The minimum atomic E-state index is -0.594. The average Bonchev–Trinajstić information content (AvgIpc) is 3.42. The number of nitrogens with zero attached hydrogens (tertiary/aromatic N) is 1. The number of hydrogen-bond donors (Lipinski definition) is 5. The smallest absolute Gasteiger partial charge is 0.243 e. The third kappa shape index (κ3) is 8.31. The van der Waals surface area contributed by atoms with Crippen LogP contribution in [0.1, 0.15) is 74.0 Å². The number of aliphatic hydroxyl groups is 2. The van der Waals surface area contributed by atoms with Gasteiger partial charge in [-0.05, 0) is 55.5 Å². The minimum absolute atomic E-state index is 0.0125. The lowest BCUT2D eigenvalue weighted by Gasteiger charge is -2.38. The van der Waals surface area contributed by atoms with E-state index in [1.165, 1.54) is 0 Å². The number of nitrogens with one attached hydrogen (secondary N) is 2. The third-order valence-corrected chi connectivity index (χ3v) is 7.41. The molecule has 5 N–H and O–H groups in total. The summed E-state index contributed by atoms with van der Waals surface area (Å²) in [5, 5.41) is 30.6. The summed E-state index contributed by atoms with van der Waals surface area (Å²) in [7, 11) is 0. The van der Waals surface area contributed by atoms with Gasteiger partial charge in [-0.2, -0.15) is 0 Å². The van der Waals surface area contributed by atoms with Crippen molar-refractivity contribution in [1.29, 1.82) is 0 Å². The average molecular weight is 542 g/mol. The Bertz CT molecular complexity index is 1060.